The summed E-state index contributed by atoms with van der Waals surface area (Å²) in [5.74, 6) is 1.20. The average molecular weight is 279 g/mol. The molecule has 2 unspecified atom stereocenters. The first-order chi connectivity index (χ1) is 9.39. The predicted molar refractivity (Wildman–Crippen MR) is 83.1 cm³/mol. The molecule has 2 atom stereocenters. The van der Waals surface area contributed by atoms with Crippen LogP contribution in [0.3, 0.4) is 0 Å². The van der Waals surface area contributed by atoms with Gasteiger partial charge in [0.2, 0.25) is 0 Å². The van der Waals surface area contributed by atoms with Crippen LogP contribution in [0.15, 0.2) is 0 Å². The van der Waals surface area contributed by atoms with Gasteiger partial charge in [0.15, 0.2) is 5.82 Å². The minimum Gasteiger partial charge on any atom is -0.371 e. The highest BCUT2D eigenvalue weighted by Gasteiger charge is 2.29. The smallest absolute Gasteiger partial charge is 0.160 e. The number of nitrogens with zero attached hydrogens (tertiary/aromatic N) is 2. The van der Waals surface area contributed by atoms with Gasteiger partial charge in [0.05, 0.1) is 0 Å². The van der Waals surface area contributed by atoms with Gasteiger partial charge in [0.25, 0.3) is 0 Å². The second kappa shape index (κ2) is 7.14. The topological polar surface area (TPSA) is 47.0 Å². The van der Waals surface area contributed by atoms with Crippen LogP contribution in [-0.2, 0) is 10.3 Å². The Hall–Kier alpha value is -1.00. The van der Waals surface area contributed by atoms with Crippen molar-refractivity contribution in [3.05, 3.63) is 22.8 Å². The molecule has 1 aromatic rings. The van der Waals surface area contributed by atoms with Crippen LogP contribution in [0.2, 0.25) is 0 Å². The fourth-order valence-corrected chi connectivity index (χ4v) is 2.53. The van der Waals surface area contributed by atoms with Gasteiger partial charge in [0.1, 0.15) is 5.60 Å². The summed E-state index contributed by atoms with van der Waals surface area (Å²) in [6, 6.07) is 0. The molecule has 20 heavy (non-hydrogen) atoms. The number of ether oxygens (including phenoxy) is 1. The van der Waals surface area contributed by atoms with Crippen LogP contribution < -0.4 is 5.32 Å². The monoisotopic (exact) mass is 279 g/mol. The van der Waals surface area contributed by atoms with E-state index in [-0.39, 0.29) is 0 Å². The van der Waals surface area contributed by atoms with Gasteiger partial charge < -0.3 is 10.1 Å². The maximum atomic E-state index is 5.61. The van der Waals surface area contributed by atoms with E-state index in [4.69, 9.17) is 14.7 Å². The Morgan fingerprint density at radius 1 is 1.20 bits per heavy atom. The van der Waals surface area contributed by atoms with Crippen LogP contribution in [0, 0.1) is 13.8 Å². The summed E-state index contributed by atoms with van der Waals surface area (Å²) < 4.78 is 5.61. The highest BCUT2D eigenvalue weighted by atomic mass is 16.5. The van der Waals surface area contributed by atoms with Crippen LogP contribution in [0.4, 0.5) is 0 Å². The van der Waals surface area contributed by atoms with Crippen LogP contribution in [0.5, 0.6) is 0 Å². The lowest BCUT2D eigenvalue weighted by Gasteiger charge is -2.27. The normalized spacial score (nSPS) is 15.9. The van der Waals surface area contributed by atoms with E-state index in [2.05, 4.69) is 39.9 Å². The van der Waals surface area contributed by atoms with Gasteiger partial charge in [-0.3, -0.25) is 0 Å². The lowest BCUT2D eigenvalue weighted by Crippen LogP contribution is -2.28. The van der Waals surface area contributed by atoms with Gasteiger partial charge in [-0.2, -0.15) is 0 Å². The molecule has 0 saturated heterocycles. The van der Waals surface area contributed by atoms with Crippen molar-refractivity contribution >= 4 is 0 Å². The number of hydrogen-bond donors (Lipinski definition) is 1. The minimum absolute atomic E-state index is 0.404. The molecule has 4 nitrogen and oxygen atoms in total. The molecule has 1 rings (SSSR count). The van der Waals surface area contributed by atoms with Crippen molar-refractivity contribution in [1.29, 1.82) is 0 Å². The van der Waals surface area contributed by atoms with Crippen molar-refractivity contribution in [2.24, 2.45) is 0 Å². The van der Waals surface area contributed by atoms with Crippen LogP contribution in [-0.4, -0.2) is 30.2 Å². The number of rotatable bonds is 7. The highest BCUT2D eigenvalue weighted by molar-refractivity contribution is 5.29. The third-order valence-corrected chi connectivity index (χ3v) is 4.12. The molecule has 0 aliphatic heterocycles. The quantitative estimate of drug-likeness (QED) is 0.833. The molecular formula is C16H29N3O. The van der Waals surface area contributed by atoms with Gasteiger partial charge >= 0.3 is 0 Å². The molecule has 0 spiro atoms. The molecule has 4 heteroatoms. The Morgan fingerprint density at radius 2 is 1.75 bits per heavy atom. The van der Waals surface area contributed by atoms with Gasteiger partial charge in [-0.15, -0.1) is 0 Å². The predicted octanol–water partition coefficient (Wildman–Crippen LogP) is 3.08. The third kappa shape index (κ3) is 3.55. The van der Waals surface area contributed by atoms with Gasteiger partial charge in [-0.05, 0) is 45.2 Å². The standard InChI is InChI=1S/C16H29N3O/c1-8-16(6,20-7)15-18-12(4)14(13(5)19-15)11(3)10-17-9-2/h11,17H,8-10H2,1-7H3. The zero-order valence-corrected chi connectivity index (χ0v) is 14.0. The SMILES string of the molecule is CCNCC(C)c1c(C)nc(C(C)(CC)OC)nc1C. The molecular weight excluding hydrogens is 250 g/mol. The lowest BCUT2D eigenvalue weighted by atomic mass is 9.96. The summed E-state index contributed by atoms with van der Waals surface area (Å²) >= 11 is 0. The molecule has 0 aliphatic rings. The Kier molecular flexibility index (Phi) is 6.08. The zero-order valence-electron chi connectivity index (χ0n) is 14.0. The summed E-state index contributed by atoms with van der Waals surface area (Å²) in [7, 11) is 1.72. The van der Waals surface area contributed by atoms with Crippen molar-refractivity contribution < 1.29 is 4.74 Å². The molecule has 0 aliphatic carbocycles. The van der Waals surface area contributed by atoms with Crippen molar-refractivity contribution in [2.45, 2.75) is 59.5 Å². The van der Waals surface area contributed by atoms with Crippen molar-refractivity contribution in [2.75, 3.05) is 20.2 Å². The summed E-state index contributed by atoms with van der Waals surface area (Å²) in [5, 5.41) is 3.39. The molecule has 1 heterocycles. The van der Waals surface area contributed by atoms with E-state index in [1.165, 1.54) is 5.56 Å². The fraction of sp³-hybridized carbons (Fsp3) is 0.750. The number of hydrogen-bond acceptors (Lipinski definition) is 4. The molecule has 0 amide bonds. The molecule has 0 saturated carbocycles. The molecule has 0 radical (unpaired) electrons. The van der Waals surface area contributed by atoms with E-state index < -0.39 is 5.60 Å². The van der Waals surface area contributed by atoms with E-state index in [0.717, 1.165) is 36.7 Å². The van der Waals surface area contributed by atoms with Gasteiger partial charge in [0, 0.05) is 25.0 Å². The van der Waals surface area contributed by atoms with E-state index in [0.29, 0.717) is 5.92 Å². The first kappa shape index (κ1) is 17.1. The second-order valence-corrected chi connectivity index (χ2v) is 5.63. The van der Waals surface area contributed by atoms with E-state index >= 15 is 0 Å². The maximum absolute atomic E-state index is 5.61. The van der Waals surface area contributed by atoms with Crippen molar-refractivity contribution in [1.82, 2.24) is 15.3 Å². The number of methoxy groups -OCH3 is 1. The fourth-order valence-electron chi connectivity index (χ4n) is 2.53. The van der Waals surface area contributed by atoms with Crippen molar-refractivity contribution in [3.63, 3.8) is 0 Å². The van der Waals surface area contributed by atoms with Crippen LogP contribution >= 0.6 is 0 Å². The first-order valence-corrected chi connectivity index (χ1v) is 7.51. The van der Waals surface area contributed by atoms with E-state index in [1.807, 2.05) is 6.92 Å². The maximum Gasteiger partial charge on any atom is 0.160 e. The largest absolute Gasteiger partial charge is 0.371 e. The zero-order chi connectivity index (χ0) is 15.3. The van der Waals surface area contributed by atoms with Gasteiger partial charge in [-0.25, -0.2) is 9.97 Å². The van der Waals surface area contributed by atoms with Crippen molar-refractivity contribution in [3.8, 4) is 0 Å². The summed E-state index contributed by atoms with van der Waals surface area (Å²) in [4.78, 5) is 9.43. The number of nitrogens with one attached hydrogen (secondary N) is 1. The van der Waals surface area contributed by atoms with E-state index in [1.54, 1.807) is 7.11 Å². The molecule has 0 bridgehead atoms. The minimum atomic E-state index is -0.404. The molecule has 1 aromatic heterocycles. The Bertz CT molecular complexity index is 418. The second-order valence-electron chi connectivity index (χ2n) is 5.63. The Labute approximate surface area is 123 Å². The lowest BCUT2D eigenvalue weighted by molar-refractivity contribution is -0.00929. The number of likely N-dealkylation sites (N-methyl/N-ethyl adjacent to an activating group) is 1. The molecule has 1 N–H and O–H groups in total. The van der Waals surface area contributed by atoms with E-state index in [9.17, 15) is 0 Å². The Morgan fingerprint density at radius 3 is 2.15 bits per heavy atom. The highest BCUT2D eigenvalue weighted by Crippen LogP contribution is 2.28. The third-order valence-electron chi connectivity index (χ3n) is 4.12. The average Bonchev–Trinajstić information content (AvgIpc) is 2.43. The van der Waals surface area contributed by atoms with Crippen LogP contribution in [0.1, 0.15) is 62.8 Å². The molecule has 0 fully saturated rings. The summed E-state index contributed by atoms with van der Waals surface area (Å²) in [6.45, 7) is 14.6. The van der Waals surface area contributed by atoms with Gasteiger partial charge in [-0.1, -0.05) is 20.8 Å². The number of aromatic nitrogens is 2. The number of aryl methyl sites for hydroxylation is 2. The molecule has 114 valence electrons. The molecule has 0 aromatic carbocycles. The Balaban J connectivity index is 3.15. The summed E-state index contributed by atoms with van der Waals surface area (Å²) in [6.07, 6.45) is 0.856. The first-order valence-electron chi connectivity index (χ1n) is 7.51. The van der Waals surface area contributed by atoms with Crippen LogP contribution in [0.25, 0.3) is 0 Å². The summed E-state index contributed by atoms with van der Waals surface area (Å²) in [5.41, 5.74) is 2.98.